The van der Waals surface area contributed by atoms with E-state index in [0.29, 0.717) is 0 Å². The smallest absolute Gasteiger partial charge is 0.262 e. The molecule has 0 spiro atoms. The zero-order valence-corrected chi connectivity index (χ0v) is 12.1. The maximum Gasteiger partial charge on any atom is 0.262 e. The molecule has 0 heterocycles. The topological polar surface area (TPSA) is 38.3 Å². The van der Waals surface area contributed by atoms with Crippen LogP contribution >= 0.6 is 15.9 Å². The van der Waals surface area contributed by atoms with Crippen LogP contribution in [0.25, 0.3) is 0 Å². The fourth-order valence-corrected chi connectivity index (χ4v) is 2.02. The molecule has 0 aromatic heterocycles. The van der Waals surface area contributed by atoms with E-state index in [0.717, 1.165) is 21.5 Å². The van der Waals surface area contributed by atoms with Crippen LogP contribution in [0.15, 0.2) is 53.0 Å². The summed E-state index contributed by atoms with van der Waals surface area (Å²) in [6, 6.07) is 15.0. The molecule has 2 rings (SSSR count). The van der Waals surface area contributed by atoms with Crippen molar-refractivity contribution in [2.24, 2.45) is 0 Å². The van der Waals surface area contributed by atoms with E-state index in [2.05, 4.69) is 21.2 Å². The summed E-state index contributed by atoms with van der Waals surface area (Å²) < 4.78 is 6.40. The number of amides is 1. The summed E-state index contributed by atoms with van der Waals surface area (Å²) in [5.74, 6) is 0.549. The van der Waals surface area contributed by atoms with Crippen LogP contribution < -0.4 is 10.1 Å². The van der Waals surface area contributed by atoms with Crippen LogP contribution in [0.2, 0.25) is 0 Å². The molecule has 0 fully saturated rings. The van der Waals surface area contributed by atoms with Gasteiger partial charge in [-0.05, 0) is 36.8 Å². The molecule has 0 bridgehead atoms. The summed E-state index contributed by atoms with van der Waals surface area (Å²) >= 11 is 3.35. The molecular formula is C15H14BrNO2. The van der Waals surface area contributed by atoms with Gasteiger partial charge < -0.3 is 10.1 Å². The van der Waals surface area contributed by atoms with E-state index in [1.165, 1.54) is 0 Å². The van der Waals surface area contributed by atoms with Crippen molar-refractivity contribution in [2.45, 2.75) is 6.92 Å². The Balaban J connectivity index is 1.90. The molecule has 0 aliphatic heterocycles. The van der Waals surface area contributed by atoms with Crippen LogP contribution in [0, 0.1) is 6.92 Å². The van der Waals surface area contributed by atoms with Crippen molar-refractivity contribution in [1.29, 1.82) is 0 Å². The van der Waals surface area contributed by atoms with Crippen molar-refractivity contribution in [1.82, 2.24) is 0 Å². The van der Waals surface area contributed by atoms with E-state index < -0.39 is 0 Å². The number of carbonyl (C=O) groups is 1. The molecule has 0 saturated carbocycles. The molecule has 3 nitrogen and oxygen atoms in total. The van der Waals surface area contributed by atoms with E-state index >= 15 is 0 Å². The lowest BCUT2D eigenvalue weighted by atomic mass is 10.2. The predicted molar refractivity (Wildman–Crippen MR) is 79.4 cm³/mol. The number of benzene rings is 2. The van der Waals surface area contributed by atoms with Crippen molar-refractivity contribution in [3.8, 4) is 5.75 Å². The first kappa shape index (κ1) is 13.6. The van der Waals surface area contributed by atoms with E-state index in [-0.39, 0.29) is 12.5 Å². The summed E-state index contributed by atoms with van der Waals surface area (Å²) in [5.41, 5.74) is 1.76. The lowest BCUT2D eigenvalue weighted by Crippen LogP contribution is -2.20. The highest BCUT2D eigenvalue weighted by molar-refractivity contribution is 9.10. The zero-order chi connectivity index (χ0) is 13.7. The van der Waals surface area contributed by atoms with Gasteiger partial charge in [0.1, 0.15) is 5.75 Å². The zero-order valence-electron chi connectivity index (χ0n) is 10.5. The average Bonchev–Trinajstić information content (AvgIpc) is 2.38. The van der Waals surface area contributed by atoms with Gasteiger partial charge in [-0.1, -0.05) is 40.2 Å². The Morgan fingerprint density at radius 1 is 1.21 bits per heavy atom. The van der Waals surface area contributed by atoms with Gasteiger partial charge in [0.25, 0.3) is 5.91 Å². The predicted octanol–water partition coefficient (Wildman–Crippen LogP) is 3.78. The summed E-state index contributed by atoms with van der Waals surface area (Å²) in [5, 5.41) is 2.78. The third kappa shape index (κ3) is 4.10. The highest BCUT2D eigenvalue weighted by Crippen LogP contribution is 2.17. The first-order valence-corrected chi connectivity index (χ1v) is 6.68. The van der Waals surface area contributed by atoms with Crippen LogP contribution in [-0.4, -0.2) is 12.5 Å². The monoisotopic (exact) mass is 319 g/mol. The highest BCUT2D eigenvalue weighted by Gasteiger charge is 2.05. The van der Waals surface area contributed by atoms with Crippen molar-refractivity contribution >= 4 is 27.5 Å². The first-order valence-electron chi connectivity index (χ1n) is 5.89. The van der Waals surface area contributed by atoms with Crippen LogP contribution in [0.5, 0.6) is 5.75 Å². The normalized spacial score (nSPS) is 10.0. The summed E-state index contributed by atoms with van der Waals surface area (Å²) in [7, 11) is 0. The van der Waals surface area contributed by atoms with E-state index in [4.69, 9.17) is 4.74 Å². The van der Waals surface area contributed by atoms with Crippen molar-refractivity contribution in [3.05, 3.63) is 58.6 Å². The van der Waals surface area contributed by atoms with Crippen LogP contribution in [0.1, 0.15) is 5.56 Å². The Kier molecular flexibility index (Phi) is 4.58. The van der Waals surface area contributed by atoms with Crippen LogP contribution in [-0.2, 0) is 4.79 Å². The number of anilines is 1. The van der Waals surface area contributed by atoms with Gasteiger partial charge in [0, 0.05) is 10.2 Å². The summed E-state index contributed by atoms with van der Waals surface area (Å²) in [6.07, 6.45) is 0. The molecule has 19 heavy (non-hydrogen) atoms. The maximum absolute atomic E-state index is 11.8. The Hall–Kier alpha value is -1.81. The molecule has 0 aliphatic carbocycles. The number of nitrogens with one attached hydrogen (secondary N) is 1. The first-order chi connectivity index (χ1) is 9.15. The molecule has 0 saturated heterocycles. The largest absolute Gasteiger partial charge is 0.483 e. The molecule has 2 aromatic rings. The quantitative estimate of drug-likeness (QED) is 0.931. The molecule has 0 unspecified atom stereocenters. The fraction of sp³-hybridized carbons (Fsp3) is 0.133. The maximum atomic E-state index is 11.8. The minimum atomic E-state index is -0.179. The van der Waals surface area contributed by atoms with Gasteiger partial charge in [0.2, 0.25) is 0 Å². The average molecular weight is 320 g/mol. The number of carbonyl (C=O) groups excluding carboxylic acids is 1. The van der Waals surface area contributed by atoms with Gasteiger partial charge in [0.15, 0.2) is 6.61 Å². The Morgan fingerprint density at radius 3 is 2.74 bits per heavy atom. The lowest BCUT2D eigenvalue weighted by Gasteiger charge is -2.09. The molecule has 2 aromatic carbocycles. The third-order valence-electron chi connectivity index (χ3n) is 2.56. The summed E-state index contributed by atoms with van der Waals surface area (Å²) in [6.45, 7) is 1.94. The van der Waals surface area contributed by atoms with Crippen molar-refractivity contribution in [3.63, 3.8) is 0 Å². The number of para-hydroxylation sites is 1. The molecule has 1 N–H and O–H groups in total. The molecule has 0 radical (unpaired) electrons. The minimum absolute atomic E-state index is 0.00261. The second-order valence-electron chi connectivity index (χ2n) is 4.11. The van der Waals surface area contributed by atoms with Gasteiger partial charge in [-0.2, -0.15) is 0 Å². The van der Waals surface area contributed by atoms with Crippen LogP contribution in [0.3, 0.4) is 0 Å². The van der Waals surface area contributed by atoms with Gasteiger partial charge in [-0.3, -0.25) is 4.79 Å². The molecular weight excluding hydrogens is 306 g/mol. The Morgan fingerprint density at radius 2 is 2.00 bits per heavy atom. The molecule has 98 valence electrons. The number of rotatable bonds is 4. The second-order valence-corrected chi connectivity index (χ2v) is 5.03. The van der Waals surface area contributed by atoms with Crippen molar-refractivity contribution in [2.75, 3.05) is 11.9 Å². The van der Waals surface area contributed by atoms with Gasteiger partial charge in [0.05, 0.1) is 0 Å². The van der Waals surface area contributed by atoms with Gasteiger partial charge in [-0.15, -0.1) is 0 Å². The molecule has 0 aliphatic rings. The Bertz CT molecular complexity index is 584. The number of hydrogen-bond donors (Lipinski definition) is 1. The fourth-order valence-electron chi connectivity index (χ4n) is 1.62. The molecule has 4 heteroatoms. The second kappa shape index (κ2) is 6.38. The van der Waals surface area contributed by atoms with Crippen molar-refractivity contribution < 1.29 is 9.53 Å². The van der Waals surface area contributed by atoms with E-state index in [1.54, 1.807) is 0 Å². The summed E-state index contributed by atoms with van der Waals surface area (Å²) in [4.78, 5) is 11.8. The number of halogens is 1. The van der Waals surface area contributed by atoms with Crippen LogP contribution in [0.4, 0.5) is 5.69 Å². The third-order valence-corrected chi connectivity index (χ3v) is 3.05. The number of ether oxygens (including phenoxy) is 1. The van der Waals surface area contributed by atoms with E-state index in [9.17, 15) is 4.79 Å². The highest BCUT2D eigenvalue weighted by atomic mass is 79.9. The van der Waals surface area contributed by atoms with Gasteiger partial charge >= 0.3 is 0 Å². The standard InChI is InChI=1S/C15H14BrNO2/c1-11-5-2-3-8-14(11)19-10-15(18)17-13-7-4-6-12(16)9-13/h2-9H,10H2,1H3,(H,17,18). The Labute approximate surface area is 120 Å². The lowest BCUT2D eigenvalue weighted by molar-refractivity contribution is -0.118. The SMILES string of the molecule is Cc1ccccc1OCC(=O)Nc1cccc(Br)c1. The molecule has 1 amide bonds. The van der Waals surface area contributed by atoms with E-state index in [1.807, 2.05) is 55.5 Å². The minimum Gasteiger partial charge on any atom is -0.483 e. The number of hydrogen-bond acceptors (Lipinski definition) is 2. The number of aryl methyl sites for hydroxylation is 1. The molecule has 0 atom stereocenters. The van der Waals surface area contributed by atoms with Gasteiger partial charge in [-0.25, -0.2) is 0 Å².